The Balaban J connectivity index is 1.78. The van der Waals surface area contributed by atoms with Crippen molar-refractivity contribution in [1.29, 1.82) is 0 Å². The van der Waals surface area contributed by atoms with Crippen LogP contribution >= 0.6 is 0 Å². The molecule has 188 valence electrons. The number of para-hydroxylation sites is 1. The predicted octanol–water partition coefficient (Wildman–Crippen LogP) is 9.09. The lowest BCUT2D eigenvalue weighted by molar-refractivity contribution is -0.672. The second-order valence-electron chi connectivity index (χ2n) is 12.6. The van der Waals surface area contributed by atoms with Crippen LogP contribution in [0, 0.1) is 25.2 Å². The quantitative estimate of drug-likeness (QED) is 0.230. The number of allylic oxidation sites excluding steroid dienone is 1. The van der Waals surface area contributed by atoms with Crippen molar-refractivity contribution < 1.29 is 10.4 Å². The molecule has 3 aromatic carbocycles. The van der Waals surface area contributed by atoms with Crippen LogP contribution in [0.2, 0.25) is 0 Å². The summed E-state index contributed by atoms with van der Waals surface area (Å²) in [6, 6.07) is 17.4. The molecule has 0 bridgehead atoms. The predicted molar refractivity (Wildman–Crippen MR) is 157 cm³/mol. The van der Waals surface area contributed by atoms with E-state index in [0.29, 0.717) is 12.1 Å². The molecule has 5 aromatic rings. The van der Waals surface area contributed by atoms with Crippen LogP contribution in [0.3, 0.4) is 0 Å². The molecule has 2 nitrogen and oxygen atoms in total. The fourth-order valence-electron chi connectivity index (χ4n) is 6.30. The minimum absolute atomic E-state index is 0.184. The van der Waals surface area contributed by atoms with E-state index in [-0.39, 0.29) is 5.41 Å². The van der Waals surface area contributed by atoms with Crippen LogP contribution in [-0.4, -0.2) is 0 Å². The highest BCUT2D eigenvalue weighted by Crippen LogP contribution is 2.50. The summed E-state index contributed by atoms with van der Waals surface area (Å²) in [6.45, 7) is 15.9. The van der Waals surface area contributed by atoms with Crippen molar-refractivity contribution in [3.05, 3.63) is 88.2 Å². The maximum atomic E-state index is 8.94. The number of nitrogens with zero attached hydrogens (tertiary/aromatic N) is 1. The number of rotatable bonds is 4. The first-order chi connectivity index (χ1) is 17.9. The van der Waals surface area contributed by atoms with Gasteiger partial charge in [0.25, 0.3) is 0 Å². The lowest BCUT2D eigenvalue weighted by Crippen LogP contribution is -2.32. The van der Waals surface area contributed by atoms with E-state index in [1.165, 1.54) is 55.1 Å². The molecule has 2 heterocycles. The van der Waals surface area contributed by atoms with Gasteiger partial charge in [-0.2, -0.15) is 0 Å². The van der Waals surface area contributed by atoms with Crippen molar-refractivity contribution in [1.82, 2.24) is 0 Å². The van der Waals surface area contributed by atoms with Gasteiger partial charge < -0.3 is 4.42 Å². The first-order valence-corrected chi connectivity index (χ1v) is 13.6. The van der Waals surface area contributed by atoms with Crippen molar-refractivity contribution in [2.24, 2.45) is 18.4 Å². The third kappa shape index (κ3) is 3.81. The molecule has 1 aliphatic rings. The minimum Gasteiger partial charge on any atom is -0.455 e. The second kappa shape index (κ2) is 8.31. The average Bonchev–Trinajstić information content (AvgIpc) is 3.33. The van der Waals surface area contributed by atoms with Crippen molar-refractivity contribution in [2.45, 2.75) is 61.3 Å². The molecule has 0 saturated carbocycles. The average molecular weight is 490 g/mol. The van der Waals surface area contributed by atoms with Gasteiger partial charge in [0, 0.05) is 22.4 Å². The molecular weight excluding hydrogens is 450 g/mol. The smallest absolute Gasteiger partial charge is 0.221 e. The van der Waals surface area contributed by atoms with E-state index in [9.17, 15) is 0 Å². The third-order valence-corrected chi connectivity index (χ3v) is 7.86. The summed E-state index contributed by atoms with van der Waals surface area (Å²) in [4.78, 5) is 0. The number of furan rings is 1. The number of aryl methyl sites for hydroxylation is 1. The van der Waals surface area contributed by atoms with Gasteiger partial charge in [-0.05, 0) is 83.4 Å². The van der Waals surface area contributed by atoms with Crippen molar-refractivity contribution in [2.75, 3.05) is 0 Å². The van der Waals surface area contributed by atoms with Crippen molar-refractivity contribution in [3.8, 4) is 0 Å². The summed E-state index contributed by atoms with van der Waals surface area (Å²) in [6.07, 6.45) is 2.50. The number of aromatic nitrogens is 1. The number of fused-ring (bicyclic) bond motifs is 3. The highest BCUT2D eigenvalue weighted by molar-refractivity contribution is 6.20. The molecule has 0 fully saturated rings. The molecule has 6 rings (SSSR count). The van der Waals surface area contributed by atoms with Gasteiger partial charge >= 0.3 is 0 Å². The Labute approximate surface area is 222 Å². The second-order valence-corrected chi connectivity index (χ2v) is 12.6. The highest BCUT2D eigenvalue weighted by Gasteiger charge is 2.36. The molecule has 0 atom stereocenters. The Kier molecular flexibility index (Phi) is 5.12. The molecule has 2 aromatic heterocycles. The van der Waals surface area contributed by atoms with Crippen molar-refractivity contribution in [3.63, 3.8) is 0 Å². The van der Waals surface area contributed by atoms with Gasteiger partial charge in [0.15, 0.2) is 6.17 Å². The highest BCUT2D eigenvalue weighted by atomic mass is 16.3. The monoisotopic (exact) mass is 489 g/mol. The van der Waals surface area contributed by atoms with E-state index in [2.05, 4.69) is 89.4 Å². The van der Waals surface area contributed by atoms with E-state index in [4.69, 9.17) is 5.79 Å². The molecule has 2 heteroatoms. The normalized spacial score (nSPS) is 14.1. The van der Waals surface area contributed by atoms with Gasteiger partial charge in [0.05, 0.1) is 11.0 Å². The van der Waals surface area contributed by atoms with Crippen LogP contribution in [0.5, 0.6) is 0 Å². The Bertz CT molecular complexity index is 1810. The number of hydrogen-bond acceptors (Lipinski definition) is 1. The van der Waals surface area contributed by atoms with Gasteiger partial charge in [0.2, 0.25) is 5.69 Å². The molecule has 0 aliphatic heterocycles. The fraction of sp³-hybridized carbons (Fsp3) is 0.343. The lowest BCUT2D eigenvalue weighted by atomic mass is 9.85. The van der Waals surface area contributed by atoms with Crippen LogP contribution in [0.15, 0.2) is 59.1 Å². The summed E-state index contributed by atoms with van der Waals surface area (Å²) < 4.78 is 17.7. The van der Waals surface area contributed by atoms with E-state index in [1.807, 2.05) is 19.2 Å². The topological polar surface area (TPSA) is 17.0 Å². The van der Waals surface area contributed by atoms with Crippen LogP contribution in [0.1, 0.15) is 75.9 Å². The van der Waals surface area contributed by atoms with Crippen LogP contribution < -0.4 is 4.57 Å². The number of hydrogen-bond donors (Lipinski definition) is 0. The summed E-state index contributed by atoms with van der Waals surface area (Å²) in [5.74, 6) is 0.493. The van der Waals surface area contributed by atoms with Gasteiger partial charge in [-0.25, -0.2) is 4.57 Å². The zero-order chi connectivity index (χ0) is 27.1. The van der Waals surface area contributed by atoms with E-state index in [1.54, 1.807) is 0 Å². The maximum absolute atomic E-state index is 8.94. The molecule has 0 radical (unpaired) electrons. The zero-order valence-electron chi connectivity index (χ0n) is 24.5. The third-order valence-electron chi connectivity index (χ3n) is 7.86. The fourth-order valence-corrected chi connectivity index (χ4v) is 6.30. The Morgan fingerprint density at radius 1 is 1.00 bits per heavy atom. The number of benzene rings is 3. The summed E-state index contributed by atoms with van der Waals surface area (Å²) >= 11 is 0. The molecular formula is C35H38NO+. The Morgan fingerprint density at radius 3 is 2.49 bits per heavy atom. The van der Waals surface area contributed by atoms with Gasteiger partial charge in [0.1, 0.15) is 19.6 Å². The van der Waals surface area contributed by atoms with E-state index in [0.717, 1.165) is 35.1 Å². The standard InChI is InChI=1S/C35H38NO/c1-20(2)15-26-27-18-23(19-35(5,6)7)17-24-13-14-36(8)33(31(24)27)32(26)30-22(4)21(3)16-28-25-11-9-10-12-29(25)37-34(28)30/h9-14,16-18,20H,15,19H2,1-8H3/q+1/i14D. The van der Waals surface area contributed by atoms with Gasteiger partial charge in [-0.1, -0.05) is 65.0 Å². The Morgan fingerprint density at radius 2 is 1.76 bits per heavy atom. The largest absolute Gasteiger partial charge is 0.455 e. The van der Waals surface area contributed by atoms with Crippen LogP contribution in [0.4, 0.5) is 0 Å². The first kappa shape index (κ1) is 22.8. The molecule has 0 saturated heterocycles. The Hall–Kier alpha value is -3.39. The first-order valence-electron chi connectivity index (χ1n) is 14.1. The van der Waals surface area contributed by atoms with E-state index < -0.39 is 0 Å². The molecule has 0 spiro atoms. The summed E-state index contributed by atoms with van der Waals surface area (Å²) in [7, 11) is 2.04. The SMILES string of the molecule is [2H]c1cc2cc(CC(C)(C)C)cc3c2c([n+]1C)C(c1c(C)c(C)cc2c1oc1ccccc12)=C3CC(C)C. The molecule has 37 heavy (non-hydrogen) atoms. The van der Waals surface area contributed by atoms with E-state index >= 15 is 0 Å². The summed E-state index contributed by atoms with van der Waals surface area (Å²) in [5.41, 5.74) is 12.2. The summed E-state index contributed by atoms with van der Waals surface area (Å²) in [5, 5.41) is 4.77. The van der Waals surface area contributed by atoms with Gasteiger partial charge in [-0.3, -0.25) is 0 Å². The van der Waals surface area contributed by atoms with Crippen LogP contribution in [-0.2, 0) is 13.5 Å². The minimum atomic E-state index is 0.184. The zero-order valence-corrected chi connectivity index (χ0v) is 23.5. The lowest BCUT2D eigenvalue weighted by Gasteiger charge is -2.19. The van der Waals surface area contributed by atoms with Crippen molar-refractivity contribution >= 4 is 43.9 Å². The molecule has 0 unspecified atom stereocenters. The molecule has 0 amide bonds. The van der Waals surface area contributed by atoms with Gasteiger partial charge in [-0.15, -0.1) is 0 Å². The molecule has 0 N–H and O–H groups in total. The van der Waals surface area contributed by atoms with Crippen LogP contribution in [0.25, 0.3) is 43.9 Å². The molecule has 1 aliphatic carbocycles. The maximum Gasteiger partial charge on any atom is 0.221 e. The number of pyridine rings is 1.